The minimum atomic E-state index is -0.118. The smallest absolute Gasteiger partial charge is 0.234 e. The SMILES string of the molecule is Cc1cc(C)nc(N2CCN(C(=O)CCC(=O)NN3CCOCC3)CC2)n1. The monoisotopic (exact) mass is 376 g/mol. The number of carbonyl (C=O) groups is 2. The lowest BCUT2D eigenvalue weighted by Gasteiger charge is -2.35. The molecule has 148 valence electrons. The summed E-state index contributed by atoms with van der Waals surface area (Å²) in [6, 6.07) is 1.95. The number of ether oxygens (including phenoxy) is 1. The van der Waals surface area contributed by atoms with Gasteiger partial charge in [0.2, 0.25) is 17.8 Å². The summed E-state index contributed by atoms with van der Waals surface area (Å²) in [7, 11) is 0. The molecule has 0 aliphatic carbocycles. The Morgan fingerprint density at radius 3 is 2.26 bits per heavy atom. The van der Waals surface area contributed by atoms with E-state index in [9.17, 15) is 9.59 Å². The number of hydrogen-bond donors (Lipinski definition) is 1. The molecule has 9 nitrogen and oxygen atoms in total. The van der Waals surface area contributed by atoms with Crippen molar-refractivity contribution in [1.82, 2.24) is 25.3 Å². The van der Waals surface area contributed by atoms with Gasteiger partial charge in [0.1, 0.15) is 0 Å². The summed E-state index contributed by atoms with van der Waals surface area (Å²) in [5.74, 6) is 0.630. The second-order valence-corrected chi connectivity index (χ2v) is 6.95. The van der Waals surface area contributed by atoms with Gasteiger partial charge in [-0.2, -0.15) is 0 Å². The molecule has 3 rings (SSSR count). The van der Waals surface area contributed by atoms with Crippen molar-refractivity contribution in [2.75, 3.05) is 57.4 Å². The van der Waals surface area contributed by atoms with Gasteiger partial charge in [-0.05, 0) is 19.9 Å². The molecule has 0 bridgehead atoms. The first-order valence-corrected chi connectivity index (χ1v) is 9.48. The van der Waals surface area contributed by atoms with Crippen LogP contribution in [0.15, 0.2) is 6.07 Å². The van der Waals surface area contributed by atoms with Gasteiger partial charge >= 0.3 is 0 Å². The predicted molar refractivity (Wildman–Crippen MR) is 100 cm³/mol. The maximum Gasteiger partial charge on any atom is 0.234 e. The molecule has 0 spiro atoms. The second kappa shape index (κ2) is 9.09. The van der Waals surface area contributed by atoms with Crippen LogP contribution in [0, 0.1) is 13.8 Å². The Morgan fingerprint density at radius 2 is 1.63 bits per heavy atom. The van der Waals surface area contributed by atoms with Crippen LogP contribution in [0.3, 0.4) is 0 Å². The molecule has 27 heavy (non-hydrogen) atoms. The van der Waals surface area contributed by atoms with E-state index in [1.807, 2.05) is 29.8 Å². The van der Waals surface area contributed by atoms with Crippen molar-refractivity contribution in [2.24, 2.45) is 0 Å². The molecule has 1 N–H and O–H groups in total. The number of amides is 2. The van der Waals surface area contributed by atoms with Crippen LogP contribution in [-0.4, -0.2) is 84.2 Å². The zero-order chi connectivity index (χ0) is 19.2. The quantitative estimate of drug-likeness (QED) is 0.766. The highest BCUT2D eigenvalue weighted by Gasteiger charge is 2.23. The maximum atomic E-state index is 12.4. The van der Waals surface area contributed by atoms with E-state index in [1.165, 1.54) is 0 Å². The van der Waals surface area contributed by atoms with Crippen LogP contribution in [0.1, 0.15) is 24.2 Å². The van der Waals surface area contributed by atoms with Gasteiger partial charge in [-0.3, -0.25) is 15.0 Å². The van der Waals surface area contributed by atoms with E-state index < -0.39 is 0 Å². The molecule has 2 aliphatic heterocycles. The first kappa shape index (κ1) is 19.5. The molecule has 2 saturated heterocycles. The molecule has 0 atom stereocenters. The predicted octanol–water partition coefficient (Wildman–Crippen LogP) is -0.114. The molecule has 0 radical (unpaired) electrons. The fraction of sp³-hybridized carbons (Fsp3) is 0.667. The van der Waals surface area contributed by atoms with Crippen molar-refractivity contribution in [3.8, 4) is 0 Å². The number of piperazine rings is 1. The Morgan fingerprint density at radius 1 is 1.00 bits per heavy atom. The summed E-state index contributed by atoms with van der Waals surface area (Å²) in [6.07, 6.45) is 0.437. The Balaban J connectivity index is 1.41. The Hall–Kier alpha value is -2.26. The highest BCUT2D eigenvalue weighted by molar-refractivity contribution is 5.83. The van der Waals surface area contributed by atoms with Crippen LogP contribution in [-0.2, 0) is 14.3 Å². The minimum Gasteiger partial charge on any atom is -0.379 e. The van der Waals surface area contributed by atoms with Crippen molar-refractivity contribution < 1.29 is 14.3 Å². The number of rotatable bonds is 5. The van der Waals surface area contributed by atoms with E-state index in [1.54, 1.807) is 0 Å². The van der Waals surface area contributed by atoms with E-state index in [2.05, 4.69) is 20.3 Å². The van der Waals surface area contributed by atoms with E-state index >= 15 is 0 Å². The van der Waals surface area contributed by atoms with Crippen LogP contribution in [0.25, 0.3) is 0 Å². The van der Waals surface area contributed by atoms with Gasteiger partial charge in [-0.15, -0.1) is 0 Å². The normalized spacial score (nSPS) is 18.4. The highest BCUT2D eigenvalue weighted by Crippen LogP contribution is 2.13. The third kappa shape index (κ3) is 5.61. The summed E-state index contributed by atoms with van der Waals surface area (Å²) in [5.41, 5.74) is 4.73. The van der Waals surface area contributed by atoms with Gasteiger partial charge < -0.3 is 14.5 Å². The third-order valence-corrected chi connectivity index (χ3v) is 4.75. The van der Waals surface area contributed by atoms with Gasteiger partial charge in [0.15, 0.2) is 0 Å². The van der Waals surface area contributed by atoms with Gasteiger partial charge in [0.25, 0.3) is 0 Å². The summed E-state index contributed by atoms with van der Waals surface area (Å²) in [5, 5.41) is 1.85. The molecule has 2 amide bonds. The summed E-state index contributed by atoms with van der Waals surface area (Å²) in [4.78, 5) is 37.3. The van der Waals surface area contributed by atoms with Crippen molar-refractivity contribution in [2.45, 2.75) is 26.7 Å². The average molecular weight is 376 g/mol. The van der Waals surface area contributed by atoms with Gasteiger partial charge in [0.05, 0.1) is 13.2 Å². The Labute approximate surface area is 159 Å². The standard InChI is InChI=1S/C18H28N6O3/c1-14-13-15(2)20-18(19-14)23-7-5-22(6-8-23)17(26)4-3-16(25)21-24-9-11-27-12-10-24/h13H,3-12H2,1-2H3,(H,21,25). The molecule has 3 heterocycles. The van der Waals surface area contributed by atoms with Crippen molar-refractivity contribution in [1.29, 1.82) is 0 Å². The molecular formula is C18H28N6O3. The molecule has 2 fully saturated rings. The number of nitrogens with zero attached hydrogens (tertiary/aromatic N) is 5. The van der Waals surface area contributed by atoms with E-state index in [4.69, 9.17) is 4.74 Å². The largest absolute Gasteiger partial charge is 0.379 e. The van der Waals surface area contributed by atoms with E-state index in [0.717, 1.165) is 17.3 Å². The van der Waals surface area contributed by atoms with Crippen LogP contribution in [0.2, 0.25) is 0 Å². The lowest BCUT2D eigenvalue weighted by atomic mass is 10.2. The van der Waals surface area contributed by atoms with Crippen LogP contribution in [0.4, 0.5) is 5.95 Å². The van der Waals surface area contributed by atoms with Crippen LogP contribution >= 0.6 is 0 Å². The first-order valence-electron chi connectivity index (χ1n) is 9.48. The Kier molecular flexibility index (Phi) is 6.57. The number of carbonyl (C=O) groups excluding carboxylic acids is 2. The molecule has 2 aliphatic rings. The van der Waals surface area contributed by atoms with Crippen molar-refractivity contribution in [3.05, 3.63) is 17.5 Å². The van der Waals surface area contributed by atoms with Crippen molar-refractivity contribution in [3.63, 3.8) is 0 Å². The van der Waals surface area contributed by atoms with E-state index in [0.29, 0.717) is 52.5 Å². The Bertz CT molecular complexity index is 649. The zero-order valence-electron chi connectivity index (χ0n) is 16.1. The second-order valence-electron chi connectivity index (χ2n) is 6.95. The molecule has 9 heteroatoms. The highest BCUT2D eigenvalue weighted by atomic mass is 16.5. The first-order chi connectivity index (χ1) is 13.0. The van der Waals surface area contributed by atoms with Gasteiger partial charge in [0, 0.05) is 63.5 Å². The van der Waals surface area contributed by atoms with Crippen molar-refractivity contribution >= 4 is 17.8 Å². The average Bonchev–Trinajstić information content (AvgIpc) is 2.66. The lowest BCUT2D eigenvalue weighted by molar-refractivity contribution is -0.135. The number of anilines is 1. The molecule has 0 saturated carbocycles. The number of hydrogen-bond acceptors (Lipinski definition) is 7. The summed E-state index contributed by atoms with van der Waals surface area (Å²) < 4.78 is 5.25. The fourth-order valence-electron chi connectivity index (χ4n) is 3.29. The minimum absolute atomic E-state index is 0.0214. The topological polar surface area (TPSA) is 90.9 Å². The molecule has 0 aromatic carbocycles. The number of nitrogens with one attached hydrogen (secondary N) is 1. The third-order valence-electron chi connectivity index (χ3n) is 4.75. The van der Waals surface area contributed by atoms with E-state index in [-0.39, 0.29) is 24.7 Å². The molecular weight excluding hydrogens is 348 g/mol. The van der Waals surface area contributed by atoms with Gasteiger partial charge in [-0.25, -0.2) is 15.0 Å². The summed E-state index contributed by atoms with van der Waals surface area (Å²) >= 11 is 0. The molecule has 1 aromatic heterocycles. The maximum absolute atomic E-state index is 12.4. The molecule has 0 unspecified atom stereocenters. The number of morpholine rings is 1. The van der Waals surface area contributed by atoms with Crippen LogP contribution < -0.4 is 10.3 Å². The summed E-state index contributed by atoms with van der Waals surface area (Å²) in [6.45, 7) is 9.18. The zero-order valence-corrected chi connectivity index (χ0v) is 16.1. The number of hydrazine groups is 1. The number of aryl methyl sites for hydroxylation is 2. The van der Waals surface area contributed by atoms with Crippen LogP contribution in [0.5, 0.6) is 0 Å². The lowest BCUT2D eigenvalue weighted by Crippen LogP contribution is -2.50. The van der Waals surface area contributed by atoms with Gasteiger partial charge in [-0.1, -0.05) is 0 Å². The molecule has 1 aromatic rings. The fourth-order valence-corrected chi connectivity index (χ4v) is 3.29. The number of aromatic nitrogens is 2.